The monoisotopic (exact) mass is 311 g/mol. The van der Waals surface area contributed by atoms with Crippen molar-refractivity contribution in [2.75, 3.05) is 19.7 Å². The van der Waals surface area contributed by atoms with E-state index in [9.17, 15) is 4.79 Å². The summed E-state index contributed by atoms with van der Waals surface area (Å²) >= 11 is 0. The number of likely N-dealkylation sites (tertiary alicyclic amines) is 1. The average Bonchev–Trinajstić information content (AvgIpc) is 2.50. The second-order valence-corrected chi connectivity index (χ2v) is 5.48. The minimum absolute atomic E-state index is 0. The average molecular weight is 312 g/mol. The molecule has 1 saturated heterocycles. The number of nitrogens with zero attached hydrogens (tertiary/aromatic N) is 1. The van der Waals surface area contributed by atoms with Crippen LogP contribution >= 0.6 is 0 Å². The fourth-order valence-corrected chi connectivity index (χ4v) is 2.91. The zero-order valence-electron chi connectivity index (χ0n) is 13.8. The fourth-order valence-electron chi connectivity index (χ4n) is 2.91. The molecule has 0 radical (unpaired) electrons. The van der Waals surface area contributed by atoms with Crippen molar-refractivity contribution in [3.8, 4) is 0 Å². The van der Waals surface area contributed by atoms with Crippen LogP contribution in [0.5, 0.6) is 0 Å². The summed E-state index contributed by atoms with van der Waals surface area (Å²) in [6.45, 7) is 5.11. The van der Waals surface area contributed by atoms with Crippen LogP contribution in [0, 0.1) is 0 Å². The third kappa shape index (κ3) is 5.68. The molecule has 0 aromatic heterocycles. The van der Waals surface area contributed by atoms with E-state index in [1.165, 1.54) is 32.2 Å². The number of hydrogen-bond acceptors (Lipinski definition) is 3. The van der Waals surface area contributed by atoms with Crippen molar-refractivity contribution in [2.45, 2.75) is 45.1 Å². The van der Waals surface area contributed by atoms with Crippen LogP contribution in [0.2, 0.25) is 0 Å². The van der Waals surface area contributed by atoms with Crippen LogP contribution in [0.1, 0.15) is 50.8 Å². The molecule has 1 aliphatic heterocycles. The molecule has 21 heavy (non-hydrogen) atoms. The summed E-state index contributed by atoms with van der Waals surface area (Å²) in [5, 5.41) is 0. The Labute approximate surface area is 135 Å². The van der Waals surface area contributed by atoms with Crippen LogP contribution in [0.25, 0.3) is 0 Å². The lowest BCUT2D eigenvalue weighted by atomic mass is 9.99. The molecule has 1 fully saturated rings. The first kappa shape index (κ1) is 18.0. The summed E-state index contributed by atoms with van der Waals surface area (Å²) in [5.41, 5.74) is 0.640. The molecule has 0 aliphatic carbocycles. The molecule has 0 bridgehead atoms. The quantitative estimate of drug-likeness (QED) is 0.721. The molecule has 0 N–H and O–H groups in total. The number of carbonyl (C=O) groups excluding carboxylic acids is 1. The molecular weight excluding hydrogens is 286 g/mol. The van der Waals surface area contributed by atoms with Gasteiger partial charge in [-0.25, -0.2) is 4.79 Å². The lowest BCUT2D eigenvalue weighted by Gasteiger charge is -2.35. The van der Waals surface area contributed by atoms with Crippen LogP contribution in [0.15, 0.2) is 30.3 Å². The van der Waals surface area contributed by atoms with Crippen molar-refractivity contribution < 1.29 is 23.4 Å². The van der Waals surface area contributed by atoms with Gasteiger partial charge in [0.1, 0.15) is 0 Å². The van der Waals surface area contributed by atoms with Crippen molar-refractivity contribution >= 4 is 5.97 Å². The maximum Gasteiger partial charge on any atom is 1.00 e. The Bertz CT molecular complexity index is 414. The molecule has 4 heteroatoms. The third-order valence-electron chi connectivity index (χ3n) is 3.95. The molecule has 0 spiro atoms. The summed E-state index contributed by atoms with van der Waals surface area (Å²) < 4.78 is 5.39. The van der Waals surface area contributed by atoms with E-state index in [2.05, 4.69) is 11.8 Å². The second-order valence-electron chi connectivity index (χ2n) is 5.48. The highest BCUT2D eigenvalue weighted by atomic mass is 35.5. The summed E-state index contributed by atoms with van der Waals surface area (Å²) in [4.78, 5) is 14.4. The molecule has 1 aromatic rings. The molecule has 0 amide bonds. The van der Waals surface area contributed by atoms with Gasteiger partial charge in [-0.05, 0) is 50.9 Å². The minimum Gasteiger partial charge on any atom is -1.00 e. The summed E-state index contributed by atoms with van der Waals surface area (Å²) in [6, 6.07) is 9.81. The van der Waals surface area contributed by atoms with Crippen molar-refractivity contribution in [3.63, 3.8) is 0 Å². The van der Waals surface area contributed by atoms with Crippen LogP contribution in [-0.4, -0.2) is 36.6 Å². The van der Waals surface area contributed by atoms with Gasteiger partial charge in [0.2, 0.25) is 0 Å². The molecule has 1 atom stereocenters. The SMILES string of the molecule is CCCN1CCCCC1CCOC(=O)c1ccccc1.[Cl-].[H+]. The van der Waals surface area contributed by atoms with Crippen LogP contribution < -0.4 is 12.4 Å². The van der Waals surface area contributed by atoms with E-state index in [1.807, 2.05) is 18.2 Å². The second kappa shape index (κ2) is 9.80. The summed E-state index contributed by atoms with van der Waals surface area (Å²) in [7, 11) is 0. The zero-order chi connectivity index (χ0) is 14.2. The van der Waals surface area contributed by atoms with Gasteiger partial charge in [0, 0.05) is 6.04 Å². The van der Waals surface area contributed by atoms with Gasteiger partial charge in [-0.15, -0.1) is 0 Å². The van der Waals surface area contributed by atoms with Crippen molar-refractivity contribution in [1.82, 2.24) is 4.90 Å². The molecule has 2 rings (SSSR count). The van der Waals surface area contributed by atoms with E-state index in [-0.39, 0.29) is 19.8 Å². The van der Waals surface area contributed by atoms with E-state index >= 15 is 0 Å². The Morgan fingerprint density at radius 2 is 2.10 bits per heavy atom. The zero-order valence-corrected chi connectivity index (χ0v) is 13.5. The number of rotatable bonds is 6. The van der Waals surface area contributed by atoms with E-state index in [1.54, 1.807) is 12.1 Å². The maximum atomic E-state index is 11.9. The minimum atomic E-state index is -0.205. The van der Waals surface area contributed by atoms with Gasteiger partial charge in [-0.2, -0.15) is 0 Å². The number of piperidine rings is 1. The number of benzene rings is 1. The van der Waals surface area contributed by atoms with Crippen LogP contribution in [0.3, 0.4) is 0 Å². The van der Waals surface area contributed by atoms with Crippen LogP contribution in [0.4, 0.5) is 0 Å². The van der Waals surface area contributed by atoms with Crippen molar-refractivity contribution in [3.05, 3.63) is 35.9 Å². The van der Waals surface area contributed by atoms with Gasteiger partial charge in [-0.3, -0.25) is 0 Å². The first-order valence-corrected chi connectivity index (χ1v) is 7.77. The summed E-state index contributed by atoms with van der Waals surface area (Å²) in [6.07, 6.45) is 6.00. The molecule has 118 valence electrons. The van der Waals surface area contributed by atoms with E-state index in [0.29, 0.717) is 18.2 Å². The number of carbonyl (C=O) groups is 1. The number of ether oxygens (including phenoxy) is 1. The Morgan fingerprint density at radius 1 is 1.33 bits per heavy atom. The van der Waals surface area contributed by atoms with Gasteiger partial charge in [0.25, 0.3) is 0 Å². The highest BCUT2D eigenvalue weighted by molar-refractivity contribution is 5.89. The fraction of sp³-hybridized carbons (Fsp3) is 0.588. The number of hydrogen-bond donors (Lipinski definition) is 0. The van der Waals surface area contributed by atoms with E-state index in [0.717, 1.165) is 13.0 Å². The van der Waals surface area contributed by atoms with Gasteiger partial charge in [0.05, 0.1) is 12.2 Å². The predicted octanol–water partition coefficient (Wildman–Crippen LogP) is 0.615. The van der Waals surface area contributed by atoms with Crippen molar-refractivity contribution in [2.24, 2.45) is 0 Å². The van der Waals surface area contributed by atoms with E-state index < -0.39 is 0 Å². The molecule has 1 unspecified atom stereocenters. The van der Waals surface area contributed by atoms with Gasteiger partial charge in [-0.1, -0.05) is 31.5 Å². The number of esters is 1. The molecule has 0 saturated carbocycles. The van der Waals surface area contributed by atoms with Crippen molar-refractivity contribution in [1.29, 1.82) is 0 Å². The first-order chi connectivity index (χ1) is 9.81. The molecule has 1 aliphatic rings. The smallest absolute Gasteiger partial charge is 1.00 e. The molecule has 1 aromatic carbocycles. The molecular formula is C17H26ClNO2. The topological polar surface area (TPSA) is 29.5 Å². The Balaban J connectivity index is 0.00000220. The Morgan fingerprint density at radius 3 is 2.81 bits per heavy atom. The standard InChI is InChI=1S/C17H25NO2.ClH/c1-2-12-18-13-7-6-10-16(18)11-14-20-17(19)15-8-4-3-5-9-15;/h3-5,8-9,16H,2,6-7,10-14H2,1H3;1H. The van der Waals surface area contributed by atoms with E-state index in [4.69, 9.17) is 4.74 Å². The Hall–Kier alpha value is -1.06. The normalized spacial score (nSPS) is 18.8. The van der Waals surface area contributed by atoms with Crippen LogP contribution in [-0.2, 0) is 4.74 Å². The maximum absolute atomic E-state index is 11.9. The highest BCUT2D eigenvalue weighted by Crippen LogP contribution is 2.20. The third-order valence-corrected chi connectivity index (χ3v) is 3.95. The molecule has 1 heterocycles. The first-order valence-electron chi connectivity index (χ1n) is 7.77. The number of halogens is 1. The molecule has 3 nitrogen and oxygen atoms in total. The van der Waals surface area contributed by atoms with Gasteiger partial charge >= 0.3 is 7.40 Å². The predicted molar refractivity (Wildman–Crippen MR) is 82.0 cm³/mol. The van der Waals surface area contributed by atoms with Gasteiger partial charge < -0.3 is 22.0 Å². The lowest BCUT2D eigenvalue weighted by molar-refractivity contribution is -0.0000250. The largest absolute Gasteiger partial charge is 1.00 e. The van der Waals surface area contributed by atoms with Gasteiger partial charge in [0.15, 0.2) is 0 Å². The highest BCUT2D eigenvalue weighted by Gasteiger charge is 2.21. The lowest BCUT2D eigenvalue weighted by Crippen LogP contribution is -3.00. The summed E-state index contributed by atoms with van der Waals surface area (Å²) in [5.74, 6) is -0.205. The Kier molecular flexibility index (Phi) is 8.40.